The molecule has 0 aromatic heterocycles. The molecule has 0 aliphatic carbocycles. The first-order chi connectivity index (χ1) is 27.5. The van der Waals surface area contributed by atoms with Crippen LogP contribution in [-0.2, 0) is 32.7 Å². The number of hydrogen-bond donors (Lipinski definition) is 1. The van der Waals surface area contributed by atoms with Crippen molar-refractivity contribution in [1.29, 1.82) is 0 Å². The van der Waals surface area contributed by atoms with Crippen molar-refractivity contribution in [2.45, 2.75) is 180 Å². The normalized spacial score (nSPS) is 14.1. The summed E-state index contributed by atoms with van der Waals surface area (Å²) in [4.78, 5) is 35.4. The molecule has 0 saturated heterocycles. The lowest BCUT2D eigenvalue weighted by Crippen LogP contribution is -2.37. The van der Waals surface area contributed by atoms with Crippen molar-refractivity contribution < 1.29 is 42.1 Å². The molecule has 0 spiro atoms. The zero-order valence-corrected chi connectivity index (χ0v) is 38.0. The van der Waals surface area contributed by atoms with E-state index in [-0.39, 0.29) is 32.0 Å². The van der Waals surface area contributed by atoms with E-state index in [1.807, 2.05) is 21.1 Å². The van der Waals surface area contributed by atoms with Crippen LogP contribution in [0.2, 0.25) is 0 Å². The number of carbonyl (C=O) groups excluding carboxylic acids is 2. The Morgan fingerprint density at radius 1 is 0.544 bits per heavy atom. The third-order valence-electron chi connectivity index (χ3n) is 9.27. The van der Waals surface area contributed by atoms with E-state index in [0.717, 1.165) is 103 Å². The van der Waals surface area contributed by atoms with Gasteiger partial charge in [-0.15, -0.1) is 0 Å². The lowest BCUT2D eigenvalue weighted by Gasteiger charge is -2.24. The third-order valence-corrected chi connectivity index (χ3v) is 10.3. The van der Waals surface area contributed by atoms with Crippen LogP contribution in [0, 0.1) is 0 Å². The molecule has 0 saturated carbocycles. The first-order valence-corrected chi connectivity index (χ1v) is 24.0. The number of phosphoric acid groups is 1. The summed E-state index contributed by atoms with van der Waals surface area (Å²) in [6.45, 7) is 4.31. The van der Waals surface area contributed by atoms with E-state index in [0.29, 0.717) is 17.4 Å². The highest BCUT2D eigenvalue weighted by Crippen LogP contribution is 2.43. The van der Waals surface area contributed by atoms with Gasteiger partial charge in [0.1, 0.15) is 19.8 Å². The summed E-state index contributed by atoms with van der Waals surface area (Å²) in [5.41, 5.74) is 0. The van der Waals surface area contributed by atoms with Crippen LogP contribution in [0.1, 0.15) is 174 Å². The molecule has 0 bridgehead atoms. The molecule has 57 heavy (non-hydrogen) atoms. The van der Waals surface area contributed by atoms with E-state index in [1.54, 1.807) is 0 Å². The van der Waals surface area contributed by atoms with Gasteiger partial charge in [-0.1, -0.05) is 145 Å². The molecule has 330 valence electrons. The Bertz CT molecular complexity index is 1160. The van der Waals surface area contributed by atoms with Gasteiger partial charge < -0.3 is 18.9 Å². The SMILES string of the molecule is CCCC/C=C\C/C=C\CCCCCCCC(=O)OCC(COP(=O)(O)OCC[N+](C)(C)C)OC(=O)CCCCCCCC/C=C\C/C=C\C/C=C\CCCCC. The standard InChI is InChI=1S/C47H84NO8P/c1-6-8-10-12-14-16-18-20-22-23-24-25-26-28-30-32-34-36-38-40-47(50)56-45(44-55-57(51,52)54-42-41-48(3,4)5)43-53-46(49)39-37-35-33-31-29-27-21-19-17-15-13-11-9-7-2/h13-16,19-22,24-25,45H,6-12,17-18,23,26-44H2,1-5H3/p+1/b15-13-,16-14-,21-19-,22-20-,25-24-. The van der Waals surface area contributed by atoms with Gasteiger partial charge in [0.15, 0.2) is 6.10 Å². The molecule has 1 N–H and O–H groups in total. The quantitative estimate of drug-likeness (QED) is 0.0214. The molecule has 0 rings (SSSR count). The summed E-state index contributed by atoms with van der Waals surface area (Å²) in [7, 11) is 1.45. The Kier molecular flexibility index (Phi) is 37.6. The molecule has 10 heteroatoms. The molecule has 2 unspecified atom stereocenters. The van der Waals surface area contributed by atoms with E-state index in [4.69, 9.17) is 18.5 Å². The molecule has 0 aromatic carbocycles. The van der Waals surface area contributed by atoms with Crippen molar-refractivity contribution in [3.05, 3.63) is 60.8 Å². The number of quaternary nitrogens is 1. The number of rotatable bonds is 40. The van der Waals surface area contributed by atoms with E-state index < -0.39 is 26.5 Å². The zero-order valence-electron chi connectivity index (χ0n) is 37.1. The number of hydrogen-bond acceptors (Lipinski definition) is 7. The molecule has 0 aromatic rings. The number of phosphoric ester groups is 1. The minimum atomic E-state index is -4.38. The Balaban J connectivity index is 4.40. The number of allylic oxidation sites excluding steroid dienone is 10. The minimum Gasteiger partial charge on any atom is -0.462 e. The minimum absolute atomic E-state index is 0.0239. The number of esters is 2. The van der Waals surface area contributed by atoms with Crippen LogP contribution in [0.4, 0.5) is 0 Å². The van der Waals surface area contributed by atoms with E-state index in [1.165, 1.54) is 38.5 Å². The zero-order chi connectivity index (χ0) is 42.1. The maximum absolute atomic E-state index is 12.7. The average molecular weight is 823 g/mol. The Morgan fingerprint density at radius 2 is 0.965 bits per heavy atom. The molecule has 2 atom stereocenters. The second-order valence-corrected chi connectivity index (χ2v) is 17.5. The molecule has 0 amide bonds. The summed E-state index contributed by atoms with van der Waals surface area (Å²) in [5, 5.41) is 0. The van der Waals surface area contributed by atoms with Crippen LogP contribution in [-0.4, -0.2) is 74.9 Å². The summed E-state index contributed by atoms with van der Waals surface area (Å²) >= 11 is 0. The summed E-state index contributed by atoms with van der Waals surface area (Å²) in [5.74, 6) is -0.833. The molecule has 0 aliphatic rings. The number of carbonyl (C=O) groups is 2. The van der Waals surface area contributed by atoms with Gasteiger partial charge >= 0.3 is 19.8 Å². The van der Waals surface area contributed by atoms with E-state index in [2.05, 4.69) is 74.6 Å². The monoisotopic (exact) mass is 823 g/mol. The molecule has 0 heterocycles. The van der Waals surface area contributed by atoms with Gasteiger partial charge in [-0.05, 0) is 77.0 Å². The molecule has 0 radical (unpaired) electrons. The smallest absolute Gasteiger partial charge is 0.462 e. The average Bonchev–Trinajstić information content (AvgIpc) is 3.16. The molecular formula is C47H85NO8P+. The Labute approximate surface area is 349 Å². The van der Waals surface area contributed by atoms with E-state index in [9.17, 15) is 19.0 Å². The van der Waals surface area contributed by atoms with Crippen LogP contribution < -0.4 is 0 Å². The summed E-state index contributed by atoms with van der Waals surface area (Å²) in [6.07, 6.45) is 46.9. The fraction of sp³-hybridized carbons (Fsp3) is 0.745. The van der Waals surface area contributed by atoms with E-state index >= 15 is 0 Å². The van der Waals surface area contributed by atoms with Crippen molar-refractivity contribution in [2.24, 2.45) is 0 Å². The maximum Gasteiger partial charge on any atom is 0.472 e. The summed E-state index contributed by atoms with van der Waals surface area (Å²) in [6, 6.07) is 0. The first kappa shape index (κ1) is 54.7. The van der Waals surface area contributed by atoms with Crippen molar-refractivity contribution in [3.8, 4) is 0 Å². The van der Waals surface area contributed by atoms with Crippen LogP contribution in [0.15, 0.2) is 60.8 Å². The highest BCUT2D eigenvalue weighted by atomic mass is 31.2. The number of unbranched alkanes of at least 4 members (excludes halogenated alkanes) is 16. The highest BCUT2D eigenvalue weighted by Gasteiger charge is 2.27. The molecule has 9 nitrogen and oxygen atoms in total. The fourth-order valence-electron chi connectivity index (χ4n) is 5.68. The van der Waals surface area contributed by atoms with Crippen LogP contribution in [0.25, 0.3) is 0 Å². The lowest BCUT2D eigenvalue weighted by atomic mass is 10.1. The topological polar surface area (TPSA) is 108 Å². The van der Waals surface area contributed by atoms with Crippen molar-refractivity contribution in [2.75, 3.05) is 47.5 Å². The van der Waals surface area contributed by atoms with Crippen LogP contribution >= 0.6 is 7.82 Å². The lowest BCUT2D eigenvalue weighted by molar-refractivity contribution is -0.870. The van der Waals surface area contributed by atoms with Crippen molar-refractivity contribution >= 4 is 19.8 Å². The summed E-state index contributed by atoms with van der Waals surface area (Å²) < 4.78 is 34.3. The second kappa shape index (κ2) is 39.2. The van der Waals surface area contributed by atoms with Gasteiger partial charge in [0.25, 0.3) is 0 Å². The number of nitrogens with zero attached hydrogens (tertiary/aromatic N) is 1. The van der Waals surface area contributed by atoms with Gasteiger partial charge in [0.2, 0.25) is 0 Å². The van der Waals surface area contributed by atoms with Crippen molar-refractivity contribution in [3.63, 3.8) is 0 Å². The second-order valence-electron chi connectivity index (χ2n) is 16.1. The fourth-order valence-corrected chi connectivity index (χ4v) is 6.42. The number of likely N-dealkylation sites (N-methyl/N-ethyl adjacent to an activating group) is 1. The molecule has 0 fully saturated rings. The van der Waals surface area contributed by atoms with Gasteiger partial charge in [-0.3, -0.25) is 18.6 Å². The van der Waals surface area contributed by atoms with Crippen LogP contribution in [0.3, 0.4) is 0 Å². The Morgan fingerprint density at radius 3 is 1.46 bits per heavy atom. The largest absolute Gasteiger partial charge is 0.472 e. The van der Waals surface area contributed by atoms with Gasteiger partial charge in [-0.25, -0.2) is 4.57 Å². The van der Waals surface area contributed by atoms with Gasteiger partial charge in [0.05, 0.1) is 27.7 Å². The van der Waals surface area contributed by atoms with Crippen LogP contribution in [0.5, 0.6) is 0 Å². The highest BCUT2D eigenvalue weighted by molar-refractivity contribution is 7.47. The first-order valence-electron chi connectivity index (χ1n) is 22.5. The molecule has 0 aliphatic heterocycles. The third kappa shape index (κ3) is 43.1. The maximum atomic E-state index is 12.7. The molecular weight excluding hydrogens is 737 g/mol. The van der Waals surface area contributed by atoms with Gasteiger partial charge in [-0.2, -0.15) is 0 Å². The predicted octanol–water partition coefficient (Wildman–Crippen LogP) is 12.9. The van der Waals surface area contributed by atoms with Crippen molar-refractivity contribution in [1.82, 2.24) is 0 Å². The van der Waals surface area contributed by atoms with Gasteiger partial charge in [0, 0.05) is 12.8 Å². The predicted molar refractivity (Wildman–Crippen MR) is 238 cm³/mol. The Hall–Kier alpha value is -2.29. The number of ether oxygens (including phenoxy) is 2.